The van der Waals surface area contributed by atoms with Gasteiger partial charge in [0.25, 0.3) is 0 Å². The van der Waals surface area contributed by atoms with Crippen molar-refractivity contribution >= 4 is 45.2 Å². The maximum absolute atomic E-state index is 13.9. The standard InChI is InChI=1S/C21H19Cl2FN4O6S/c22-14-2-4-18(16(23)5-14)35(32,33)28-10-21(11-28,9-27-19(29)8-26-20(30)31)12-34-15-3-1-13(7-25)17(24)6-15/h1-6,26H,8-12H2,(H,27,29)(H,30,31). The van der Waals surface area contributed by atoms with Gasteiger partial charge in [-0.2, -0.15) is 9.57 Å². The van der Waals surface area contributed by atoms with E-state index < -0.39 is 39.8 Å². The highest BCUT2D eigenvalue weighted by atomic mass is 35.5. The average Bonchev–Trinajstić information content (AvgIpc) is 2.76. The molecule has 0 unspecified atom stereocenters. The maximum Gasteiger partial charge on any atom is 0.405 e. The van der Waals surface area contributed by atoms with Crippen LogP contribution in [0.2, 0.25) is 10.0 Å². The van der Waals surface area contributed by atoms with Gasteiger partial charge in [-0.05, 0) is 30.3 Å². The summed E-state index contributed by atoms with van der Waals surface area (Å²) < 4.78 is 46.8. The number of hydrogen-bond acceptors (Lipinski definition) is 6. The molecule has 1 aliphatic heterocycles. The summed E-state index contributed by atoms with van der Waals surface area (Å²) in [4.78, 5) is 22.4. The second-order valence-electron chi connectivity index (χ2n) is 7.83. The Balaban J connectivity index is 1.75. The summed E-state index contributed by atoms with van der Waals surface area (Å²) in [5.41, 5.74) is -1.07. The van der Waals surface area contributed by atoms with Crippen LogP contribution in [0.15, 0.2) is 41.3 Å². The van der Waals surface area contributed by atoms with Gasteiger partial charge in [0.1, 0.15) is 22.5 Å². The molecular formula is C21H19Cl2FN4O6S. The van der Waals surface area contributed by atoms with E-state index in [1.54, 1.807) is 6.07 Å². The first kappa shape index (κ1) is 26.5. The Morgan fingerprint density at radius 1 is 1.20 bits per heavy atom. The zero-order chi connectivity index (χ0) is 25.8. The Kier molecular flexibility index (Phi) is 8.07. The number of nitriles is 1. The molecule has 3 N–H and O–H groups in total. The number of hydrogen-bond donors (Lipinski definition) is 3. The first-order chi connectivity index (χ1) is 16.5. The number of ether oxygens (including phenoxy) is 1. The third-order valence-corrected chi connectivity index (χ3v) is 7.71. The summed E-state index contributed by atoms with van der Waals surface area (Å²) in [6.07, 6.45) is -1.37. The zero-order valence-electron chi connectivity index (χ0n) is 17.9. The number of carbonyl (C=O) groups excluding carboxylic acids is 1. The first-order valence-electron chi connectivity index (χ1n) is 9.97. The van der Waals surface area contributed by atoms with Crippen LogP contribution >= 0.6 is 23.2 Å². The lowest BCUT2D eigenvalue weighted by molar-refractivity contribution is -0.121. The summed E-state index contributed by atoms with van der Waals surface area (Å²) in [5.74, 6) is -1.29. The van der Waals surface area contributed by atoms with E-state index in [0.717, 1.165) is 10.4 Å². The van der Waals surface area contributed by atoms with Crippen LogP contribution < -0.4 is 15.4 Å². The Hall–Kier alpha value is -3.11. The van der Waals surface area contributed by atoms with Crippen LogP contribution in [0.3, 0.4) is 0 Å². The molecule has 2 aromatic carbocycles. The van der Waals surface area contributed by atoms with Gasteiger partial charge in [0, 0.05) is 36.1 Å². The van der Waals surface area contributed by atoms with E-state index in [1.165, 1.54) is 30.3 Å². The first-order valence-corrected chi connectivity index (χ1v) is 12.2. The van der Waals surface area contributed by atoms with E-state index in [9.17, 15) is 22.4 Å². The minimum atomic E-state index is -3.99. The number of carboxylic acid groups (broad SMARTS) is 1. The van der Waals surface area contributed by atoms with Crippen molar-refractivity contribution in [2.45, 2.75) is 4.90 Å². The fraction of sp³-hybridized carbons (Fsp3) is 0.286. The van der Waals surface area contributed by atoms with E-state index in [-0.39, 0.29) is 52.5 Å². The lowest BCUT2D eigenvalue weighted by Crippen LogP contribution is -2.65. The summed E-state index contributed by atoms with van der Waals surface area (Å²) in [7, 11) is -3.99. The Morgan fingerprint density at radius 2 is 1.91 bits per heavy atom. The van der Waals surface area contributed by atoms with Crippen LogP contribution in [0, 0.1) is 22.6 Å². The Labute approximate surface area is 210 Å². The zero-order valence-corrected chi connectivity index (χ0v) is 20.3. The SMILES string of the molecule is N#Cc1ccc(OCC2(CNC(=O)CNC(=O)O)CN(S(=O)(=O)c3ccc(Cl)cc3Cl)C2)cc1F. The molecule has 0 bridgehead atoms. The molecule has 0 aliphatic carbocycles. The molecule has 1 aliphatic rings. The van der Waals surface area contributed by atoms with Crippen molar-refractivity contribution in [1.29, 1.82) is 5.26 Å². The van der Waals surface area contributed by atoms with E-state index >= 15 is 0 Å². The molecule has 0 spiro atoms. The largest absolute Gasteiger partial charge is 0.493 e. The van der Waals surface area contributed by atoms with E-state index in [2.05, 4.69) is 5.32 Å². The maximum atomic E-state index is 13.9. The lowest BCUT2D eigenvalue weighted by atomic mass is 9.82. The fourth-order valence-electron chi connectivity index (χ4n) is 3.37. The number of benzene rings is 2. The molecule has 1 saturated heterocycles. The van der Waals surface area contributed by atoms with Crippen molar-refractivity contribution in [3.05, 3.63) is 57.8 Å². The van der Waals surface area contributed by atoms with Gasteiger partial charge >= 0.3 is 6.09 Å². The predicted octanol–water partition coefficient (Wildman–Crippen LogP) is 2.46. The Morgan fingerprint density at radius 3 is 2.51 bits per heavy atom. The average molecular weight is 545 g/mol. The molecule has 1 heterocycles. The van der Waals surface area contributed by atoms with Gasteiger partial charge < -0.3 is 20.5 Å². The monoisotopic (exact) mass is 544 g/mol. The van der Waals surface area contributed by atoms with Gasteiger partial charge in [-0.3, -0.25) is 4.79 Å². The lowest BCUT2D eigenvalue weighted by Gasteiger charge is -2.48. The number of nitrogens with zero attached hydrogens (tertiary/aromatic N) is 2. The highest BCUT2D eigenvalue weighted by molar-refractivity contribution is 7.89. The molecule has 0 saturated carbocycles. The minimum absolute atomic E-state index is 0.0487. The number of rotatable bonds is 9. The van der Waals surface area contributed by atoms with Gasteiger partial charge in [0.2, 0.25) is 15.9 Å². The normalized spacial score (nSPS) is 14.9. The quantitative estimate of drug-likeness (QED) is 0.438. The van der Waals surface area contributed by atoms with E-state index in [0.29, 0.717) is 0 Å². The van der Waals surface area contributed by atoms with Crippen molar-refractivity contribution in [2.75, 3.05) is 32.8 Å². The van der Waals surface area contributed by atoms with Crippen LogP contribution in [0.5, 0.6) is 5.75 Å². The van der Waals surface area contributed by atoms with Gasteiger partial charge in [-0.1, -0.05) is 23.2 Å². The van der Waals surface area contributed by atoms with Crippen molar-refractivity contribution in [1.82, 2.24) is 14.9 Å². The molecule has 35 heavy (non-hydrogen) atoms. The molecule has 186 valence electrons. The molecule has 10 nitrogen and oxygen atoms in total. The summed E-state index contributed by atoms with van der Waals surface area (Å²) >= 11 is 11.9. The highest BCUT2D eigenvalue weighted by Crippen LogP contribution is 2.37. The summed E-state index contributed by atoms with van der Waals surface area (Å²) in [6, 6.07) is 9.36. The van der Waals surface area contributed by atoms with Gasteiger partial charge in [0.05, 0.1) is 23.7 Å². The smallest absolute Gasteiger partial charge is 0.405 e. The molecule has 2 aromatic rings. The summed E-state index contributed by atoms with van der Waals surface area (Å²) in [6.45, 7) is -0.785. The number of carbonyl (C=O) groups is 2. The molecule has 1 fully saturated rings. The van der Waals surface area contributed by atoms with Crippen LogP contribution in [-0.2, 0) is 14.8 Å². The molecule has 2 amide bonds. The highest BCUT2D eigenvalue weighted by Gasteiger charge is 2.49. The van der Waals surface area contributed by atoms with Crippen molar-refractivity contribution in [3.63, 3.8) is 0 Å². The topological polar surface area (TPSA) is 149 Å². The van der Waals surface area contributed by atoms with E-state index in [4.69, 9.17) is 38.3 Å². The summed E-state index contributed by atoms with van der Waals surface area (Å²) in [5, 5.41) is 22.2. The molecule has 3 rings (SSSR count). The number of halogens is 3. The van der Waals surface area contributed by atoms with Crippen LogP contribution in [0.25, 0.3) is 0 Å². The van der Waals surface area contributed by atoms with Gasteiger partial charge in [0.15, 0.2) is 0 Å². The Bertz CT molecular complexity index is 1300. The fourth-order valence-corrected chi connectivity index (χ4v) is 5.78. The second kappa shape index (κ2) is 10.7. The molecule has 14 heteroatoms. The molecule has 0 atom stereocenters. The van der Waals surface area contributed by atoms with Gasteiger partial charge in [-0.15, -0.1) is 0 Å². The number of nitrogens with one attached hydrogen (secondary N) is 2. The number of sulfonamides is 1. The second-order valence-corrected chi connectivity index (χ2v) is 10.6. The van der Waals surface area contributed by atoms with Crippen LogP contribution in [0.4, 0.5) is 9.18 Å². The van der Waals surface area contributed by atoms with Gasteiger partial charge in [-0.25, -0.2) is 17.6 Å². The van der Waals surface area contributed by atoms with Crippen LogP contribution in [0.1, 0.15) is 5.56 Å². The predicted molar refractivity (Wildman–Crippen MR) is 123 cm³/mol. The molecule has 0 aromatic heterocycles. The third-order valence-electron chi connectivity index (χ3n) is 5.20. The number of amides is 2. The molecule has 0 radical (unpaired) electrons. The van der Waals surface area contributed by atoms with E-state index in [1.807, 2.05) is 5.32 Å². The van der Waals surface area contributed by atoms with Crippen molar-refractivity contribution < 1.29 is 32.2 Å². The third kappa shape index (κ3) is 6.32. The molecular weight excluding hydrogens is 526 g/mol. The van der Waals surface area contributed by atoms with Crippen molar-refractivity contribution in [2.24, 2.45) is 5.41 Å². The van der Waals surface area contributed by atoms with Crippen molar-refractivity contribution in [3.8, 4) is 11.8 Å². The van der Waals surface area contributed by atoms with Crippen LogP contribution in [-0.4, -0.2) is 62.6 Å². The minimum Gasteiger partial charge on any atom is -0.493 e.